The zero-order valence-corrected chi connectivity index (χ0v) is 13.7. The quantitative estimate of drug-likeness (QED) is 0.574. The van der Waals surface area contributed by atoms with E-state index in [0.29, 0.717) is 11.5 Å². The second-order valence-corrected chi connectivity index (χ2v) is 5.13. The molecule has 0 saturated carbocycles. The molecule has 1 heterocycles. The zero-order chi connectivity index (χ0) is 17.7. The van der Waals surface area contributed by atoms with E-state index in [2.05, 4.69) is 5.32 Å². The van der Waals surface area contributed by atoms with Crippen LogP contribution in [-0.2, 0) is 16.1 Å². The molecule has 8 heteroatoms. The Labute approximate surface area is 139 Å². The highest BCUT2D eigenvalue weighted by Gasteiger charge is 2.47. The van der Waals surface area contributed by atoms with Gasteiger partial charge >= 0.3 is 6.09 Å². The third-order valence-corrected chi connectivity index (χ3v) is 3.78. The van der Waals surface area contributed by atoms with Crippen LogP contribution in [-0.4, -0.2) is 55.4 Å². The number of carbonyl (C=O) groups is 2. The van der Waals surface area contributed by atoms with Crippen LogP contribution >= 0.6 is 0 Å². The SMILES string of the molecule is COC=C[C@H]1[C@H](NC(=O)O)C(=O)N1Cc1ccc(OC)cc1OC. The predicted molar refractivity (Wildman–Crippen MR) is 85.0 cm³/mol. The van der Waals surface area contributed by atoms with Gasteiger partial charge in [-0.05, 0) is 18.2 Å². The molecule has 2 atom stereocenters. The summed E-state index contributed by atoms with van der Waals surface area (Å²) in [6.45, 7) is 0.280. The molecule has 0 aromatic heterocycles. The topological polar surface area (TPSA) is 97.3 Å². The number of amides is 2. The number of carbonyl (C=O) groups excluding carboxylic acids is 1. The van der Waals surface area contributed by atoms with Crippen molar-refractivity contribution in [3.8, 4) is 11.5 Å². The molecule has 1 aromatic carbocycles. The van der Waals surface area contributed by atoms with E-state index in [1.807, 2.05) is 0 Å². The summed E-state index contributed by atoms with van der Waals surface area (Å²) in [6.07, 6.45) is 1.81. The standard InChI is InChI=1S/C16H20N2O6/c1-22-7-6-12-14(17-16(20)21)15(19)18(12)9-10-4-5-11(23-2)8-13(10)24-3/h4-8,12,14,17H,9H2,1-3H3,(H,20,21)/t12-,14-/m0/s1. The van der Waals surface area contributed by atoms with Crippen LogP contribution in [0.5, 0.6) is 11.5 Å². The average molecular weight is 336 g/mol. The van der Waals surface area contributed by atoms with Crippen molar-refractivity contribution in [1.29, 1.82) is 0 Å². The third kappa shape index (κ3) is 3.53. The number of hydrogen-bond donors (Lipinski definition) is 2. The average Bonchev–Trinajstić information content (AvgIpc) is 2.59. The Morgan fingerprint density at radius 3 is 2.67 bits per heavy atom. The minimum atomic E-state index is -1.24. The number of hydrogen-bond acceptors (Lipinski definition) is 5. The van der Waals surface area contributed by atoms with E-state index in [9.17, 15) is 9.59 Å². The van der Waals surface area contributed by atoms with Crippen LogP contribution in [0.3, 0.4) is 0 Å². The second-order valence-electron chi connectivity index (χ2n) is 5.13. The van der Waals surface area contributed by atoms with Crippen LogP contribution < -0.4 is 14.8 Å². The highest BCUT2D eigenvalue weighted by Crippen LogP contribution is 2.30. The van der Waals surface area contributed by atoms with E-state index >= 15 is 0 Å². The summed E-state index contributed by atoms with van der Waals surface area (Å²) in [7, 11) is 4.57. The molecule has 24 heavy (non-hydrogen) atoms. The molecule has 2 rings (SSSR count). The van der Waals surface area contributed by atoms with Crippen molar-refractivity contribution in [3.05, 3.63) is 36.1 Å². The number of carboxylic acid groups (broad SMARTS) is 1. The van der Waals surface area contributed by atoms with Gasteiger partial charge in [-0.2, -0.15) is 0 Å². The number of likely N-dealkylation sites (tertiary alicyclic amines) is 1. The van der Waals surface area contributed by atoms with E-state index in [4.69, 9.17) is 19.3 Å². The molecule has 2 amide bonds. The Morgan fingerprint density at radius 2 is 2.08 bits per heavy atom. The zero-order valence-electron chi connectivity index (χ0n) is 13.7. The summed E-state index contributed by atoms with van der Waals surface area (Å²) in [5.41, 5.74) is 0.788. The first kappa shape index (κ1) is 17.5. The lowest BCUT2D eigenvalue weighted by molar-refractivity contribution is -0.149. The minimum absolute atomic E-state index is 0.280. The molecule has 1 saturated heterocycles. The van der Waals surface area contributed by atoms with E-state index in [1.54, 1.807) is 36.3 Å². The van der Waals surface area contributed by atoms with Gasteiger partial charge in [0.05, 0.1) is 40.2 Å². The maximum Gasteiger partial charge on any atom is 0.405 e. The maximum atomic E-state index is 12.3. The van der Waals surface area contributed by atoms with Crippen molar-refractivity contribution in [3.63, 3.8) is 0 Å². The molecule has 2 N–H and O–H groups in total. The lowest BCUT2D eigenvalue weighted by Crippen LogP contribution is -2.69. The molecule has 1 aromatic rings. The van der Waals surface area contributed by atoms with Crippen LogP contribution in [0.15, 0.2) is 30.5 Å². The van der Waals surface area contributed by atoms with Gasteiger partial charge < -0.3 is 29.5 Å². The van der Waals surface area contributed by atoms with E-state index in [-0.39, 0.29) is 12.5 Å². The number of benzene rings is 1. The van der Waals surface area contributed by atoms with Gasteiger partial charge in [-0.25, -0.2) is 4.79 Å². The molecule has 0 aliphatic carbocycles. The minimum Gasteiger partial charge on any atom is -0.505 e. The number of ether oxygens (including phenoxy) is 3. The van der Waals surface area contributed by atoms with Crippen molar-refractivity contribution < 1.29 is 28.9 Å². The predicted octanol–water partition coefficient (Wildman–Crippen LogP) is 1.21. The molecule has 8 nitrogen and oxygen atoms in total. The molecule has 0 radical (unpaired) electrons. The van der Waals surface area contributed by atoms with Gasteiger partial charge in [-0.15, -0.1) is 0 Å². The number of nitrogens with one attached hydrogen (secondary N) is 1. The van der Waals surface area contributed by atoms with Crippen molar-refractivity contribution in [2.24, 2.45) is 0 Å². The Bertz CT molecular complexity index is 645. The van der Waals surface area contributed by atoms with Gasteiger partial charge in [0, 0.05) is 11.6 Å². The van der Waals surface area contributed by atoms with Gasteiger partial charge in [0.1, 0.15) is 17.5 Å². The lowest BCUT2D eigenvalue weighted by Gasteiger charge is -2.45. The highest BCUT2D eigenvalue weighted by atomic mass is 16.5. The monoisotopic (exact) mass is 336 g/mol. The first-order valence-electron chi connectivity index (χ1n) is 7.22. The first-order chi connectivity index (χ1) is 11.5. The number of methoxy groups -OCH3 is 3. The van der Waals surface area contributed by atoms with E-state index in [1.165, 1.54) is 20.5 Å². The van der Waals surface area contributed by atoms with Crippen molar-refractivity contribution in [1.82, 2.24) is 10.2 Å². The summed E-state index contributed by atoms with van der Waals surface area (Å²) >= 11 is 0. The maximum absolute atomic E-state index is 12.3. The Kier molecular flexibility index (Phi) is 5.51. The summed E-state index contributed by atoms with van der Waals surface area (Å²) in [5.74, 6) is 0.930. The van der Waals surface area contributed by atoms with Gasteiger partial charge in [-0.3, -0.25) is 4.79 Å². The largest absolute Gasteiger partial charge is 0.505 e. The Morgan fingerprint density at radius 1 is 1.33 bits per heavy atom. The first-order valence-corrected chi connectivity index (χ1v) is 7.22. The van der Waals surface area contributed by atoms with Crippen LogP contribution in [0.4, 0.5) is 4.79 Å². The number of β-lactam (4-membered cyclic amide) rings is 1. The normalized spacial score (nSPS) is 19.8. The van der Waals surface area contributed by atoms with Crippen LogP contribution in [0.1, 0.15) is 5.56 Å². The highest BCUT2D eigenvalue weighted by molar-refractivity contribution is 5.92. The van der Waals surface area contributed by atoms with E-state index < -0.39 is 18.2 Å². The van der Waals surface area contributed by atoms with E-state index in [0.717, 1.165) is 5.56 Å². The Hall–Kier alpha value is -2.90. The lowest BCUT2D eigenvalue weighted by atomic mass is 9.94. The molecule has 0 unspecified atom stereocenters. The van der Waals surface area contributed by atoms with Crippen molar-refractivity contribution in [2.45, 2.75) is 18.6 Å². The summed E-state index contributed by atoms with van der Waals surface area (Å²) in [5, 5.41) is 11.1. The molecule has 1 fully saturated rings. The summed E-state index contributed by atoms with van der Waals surface area (Å²) in [6, 6.07) is 4.06. The summed E-state index contributed by atoms with van der Waals surface area (Å²) in [4.78, 5) is 24.6. The summed E-state index contributed by atoms with van der Waals surface area (Å²) < 4.78 is 15.4. The third-order valence-electron chi connectivity index (χ3n) is 3.78. The molecule has 0 spiro atoms. The van der Waals surface area contributed by atoms with Gasteiger partial charge in [-0.1, -0.05) is 0 Å². The van der Waals surface area contributed by atoms with Gasteiger partial charge in [0.2, 0.25) is 5.91 Å². The van der Waals surface area contributed by atoms with Gasteiger partial charge in [0.15, 0.2) is 0 Å². The number of nitrogens with zero attached hydrogens (tertiary/aromatic N) is 1. The second kappa shape index (κ2) is 7.58. The van der Waals surface area contributed by atoms with Crippen LogP contribution in [0.2, 0.25) is 0 Å². The smallest absolute Gasteiger partial charge is 0.405 e. The van der Waals surface area contributed by atoms with Crippen LogP contribution in [0, 0.1) is 0 Å². The van der Waals surface area contributed by atoms with Crippen molar-refractivity contribution in [2.75, 3.05) is 21.3 Å². The molecule has 1 aliphatic heterocycles. The van der Waals surface area contributed by atoms with Crippen LogP contribution in [0.25, 0.3) is 0 Å². The van der Waals surface area contributed by atoms with Crippen molar-refractivity contribution >= 4 is 12.0 Å². The molecular formula is C16H20N2O6. The fraction of sp³-hybridized carbons (Fsp3) is 0.375. The molecular weight excluding hydrogens is 316 g/mol. The van der Waals surface area contributed by atoms with Gasteiger partial charge in [0.25, 0.3) is 0 Å². The fourth-order valence-electron chi connectivity index (χ4n) is 2.57. The molecule has 1 aliphatic rings. The fourth-order valence-corrected chi connectivity index (χ4v) is 2.57. The molecule has 130 valence electrons. The Balaban J connectivity index is 2.19. The molecule has 0 bridgehead atoms. The number of rotatable bonds is 7.